The summed E-state index contributed by atoms with van der Waals surface area (Å²) in [5, 5.41) is 87.8. The van der Waals surface area contributed by atoms with E-state index in [-0.39, 0.29) is 12.5 Å². The van der Waals surface area contributed by atoms with E-state index in [0.717, 1.165) is 51.4 Å². The smallest absolute Gasteiger partial charge is 0.220 e. The van der Waals surface area contributed by atoms with Crippen molar-refractivity contribution in [2.75, 3.05) is 19.8 Å². The summed E-state index contributed by atoms with van der Waals surface area (Å²) < 4.78 is 23.0. The van der Waals surface area contributed by atoms with Crippen LogP contribution in [-0.4, -0.2) is 140 Å². The molecule has 14 nitrogen and oxygen atoms in total. The van der Waals surface area contributed by atoms with Gasteiger partial charge in [0.1, 0.15) is 48.8 Å². The highest BCUT2D eigenvalue weighted by Gasteiger charge is 2.51. The van der Waals surface area contributed by atoms with Gasteiger partial charge in [-0.25, -0.2) is 0 Å². The molecule has 0 aromatic rings. The summed E-state index contributed by atoms with van der Waals surface area (Å²) in [5.41, 5.74) is 0. The van der Waals surface area contributed by atoms with E-state index in [4.69, 9.17) is 18.9 Å². The van der Waals surface area contributed by atoms with Crippen molar-refractivity contribution in [1.82, 2.24) is 5.32 Å². The molecule has 0 saturated carbocycles. The first-order valence-corrected chi connectivity index (χ1v) is 39.8. The van der Waals surface area contributed by atoms with E-state index in [9.17, 15) is 45.6 Å². The lowest BCUT2D eigenvalue weighted by Crippen LogP contribution is -2.65. The number of amides is 1. The van der Waals surface area contributed by atoms with Gasteiger partial charge in [0.2, 0.25) is 5.91 Å². The monoisotopic (exact) mass is 1300 g/mol. The normalized spacial score (nSPS) is 22.7. The van der Waals surface area contributed by atoms with Crippen LogP contribution < -0.4 is 5.32 Å². The van der Waals surface area contributed by atoms with E-state index in [1.165, 1.54) is 315 Å². The fourth-order valence-electron chi connectivity index (χ4n) is 13.8. The first kappa shape index (κ1) is 86.1. The fraction of sp³-hybridized carbons (Fsp3) is 0.987. The molecule has 9 N–H and O–H groups in total. The van der Waals surface area contributed by atoms with Crippen molar-refractivity contribution in [3.63, 3.8) is 0 Å². The Morgan fingerprint density at radius 1 is 0.352 bits per heavy atom. The number of ether oxygens (including phenoxy) is 4. The van der Waals surface area contributed by atoms with E-state index < -0.39 is 86.8 Å². The van der Waals surface area contributed by atoms with E-state index >= 15 is 0 Å². The van der Waals surface area contributed by atoms with E-state index in [2.05, 4.69) is 19.2 Å². The Bertz CT molecular complexity index is 1530. The maximum atomic E-state index is 13.4. The molecule has 0 aromatic heterocycles. The summed E-state index contributed by atoms with van der Waals surface area (Å²) >= 11 is 0. The van der Waals surface area contributed by atoms with Crippen LogP contribution in [0.2, 0.25) is 0 Å². The lowest BCUT2D eigenvalue weighted by molar-refractivity contribution is -0.359. The molecule has 2 aliphatic rings. The number of carbonyl (C=O) groups is 1. The molecular formula is C77H151NO13. The van der Waals surface area contributed by atoms with Gasteiger partial charge in [0.05, 0.1) is 32.0 Å². The molecule has 2 aliphatic heterocycles. The van der Waals surface area contributed by atoms with Crippen LogP contribution in [-0.2, 0) is 23.7 Å². The van der Waals surface area contributed by atoms with Crippen molar-refractivity contribution in [3.8, 4) is 0 Å². The molecule has 2 heterocycles. The van der Waals surface area contributed by atoms with E-state index in [1.807, 2.05) is 0 Å². The molecule has 0 aliphatic carbocycles. The Labute approximate surface area is 559 Å². The number of rotatable bonds is 68. The summed E-state index contributed by atoms with van der Waals surface area (Å²) in [6.45, 7) is 2.94. The Morgan fingerprint density at radius 2 is 0.626 bits per heavy atom. The number of aliphatic hydroxyl groups is 8. The maximum Gasteiger partial charge on any atom is 0.220 e. The van der Waals surface area contributed by atoms with Gasteiger partial charge >= 0.3 is 0 Å². The quantitative estimate of drug-likeness (QED) is 0.0259. The number of hydrogen-bond acceptors (Lipinski definition) is 13. The predicted molar refractivity (Wildman–Crippen MR) is 374 cm³/mol. The highest BCUT2D eigenvalue weighted by molar-refractivity contribution is 5.76. The minimum absolute atomic E-state index is 0.195. The average Bonchev–Trinajstić information content (AvgIpc) is 0.963. The molecule has 2 rings (SSSR count). The van der Waals surface area contributed by atoms with E-state index in [1.54, 1.807) is 0 Å². The Morgan fingerprint density at radius 3 is 0.934 bits per heavy atom. The molecular weight excluding hydrogens is 1150 g/mol. The van der Waals surface area contributed by atoms with Crippen molar-refractivity contribution in [2.45, 2.75) is 466 Å². The minimum atomic E-state index is -1.78. The van der Waals surface area contributed by atoms with Crippen LogP contribution in [0.5, 0.6) is 0 Å². The van der Waals surface area contributed by atoms with Crippen LogP contribution >= 0.6 is 0 Å². The zero-order valence-corrected chi connectivity index (χ0v) is 59.4. The molecule has 91 heavy (non-hydrogen) atoms. The molecule has 14 heteroatoms. The summed E-state index contributed by atoms with van der Waals surface area (Å²) in [6.07, 6.45) is 60.1. The van der Waals surface area contributed by atoms with E-state index in [0.29, 0.717) is 12.8 Å². The minimum Gasteiger partial charge on any atom is -0.394 e. The molecule has 0 radical (unpaired) electrons. The lowest BCUT2D eigenvalue weighted by Gasteiger charge is -2.46. The second-order valence-corrected chi connectivity index (χ2v) is 28.6. The molecule has 542 valence electrons. The van der Waals surface area contributed by atoms with Gasteiger partial charge in [-0.2, -0.15) is 0 Å². The predicted octanol–water partition coefficient (Wildman–Crippen LogP) is 17.5. The van der Waals surface area contributed by atoms with Crippen LogP contribution in [0.1, 0.15) is 393 Å². The largest absolute Gasteiger partial charge is 0.394 e. The van der Waals surface area contributed by atoms with Crippen molar-refractivity contribution in [3.05, 3.63) is 0 Å². The Kier molecular flexibility index (Phi) is 59.1. The van der Waals surface area contributed by atoms with Gasteiger partial charge in [0.25, 0.3) is 0 Å². The van der Waals surface area contributed by atoms with Crippen LogP contribution in [0, 0.1) is 0 Å². The molecule has 1 amide bonds. The highest BCUT2D eigenvalue weighted by atomic mass is 16.7. The summed E-state index contributed by atoms with van der Waals surface area (Å²) in [5.74, 6) is -0.195. The summed E-state index contributed by atoms with van der Waals surface area (Å²) in [6, 6.07) is -0.825. The van der Waals surface area contributed by atoms with Gasteiger partial charge < -0.3 is 65.1 Å². The molecule has 0 aromatic carbocycles. The van der Waals surface area contributed by atoms with Crippen molar-refractivity contribution in [1.29, 1.82) is 0 Å². The third-order valence-corrected chi connectivity index (χ3v) is 20.1. The van der Waals surface area contributed by atoms with Gasteiger partial charge in [-0.15, -0.1) is 0 Å². The standard InChI is InChI=1S/C77H151NO13/c1-3-5-7-9-11-13-15-17-19-21-23-25-26-27-28-29-30-31-32-33-34-35-36-37-38-39-41-43-45-47-49-51-53-55-57-59-61-69(82)78-65(66(81)60-58-56-54-52-50-48-46-44-42-40-24-22-20-18-16-14-12-10-8-6-4-2)64-88-76-74(87)72(85)75(68(63-80)90-76)91-77-73(86)71(84)70(83)67(62-79)89-77/h65-68,70-77,79-81,83-87H,3-64H2,1-2H3,(H,78,82). The number of hydrogen-bond donors (Lipinski definition) is 9. The number of carbonyl (C=O) groups excluding carboxylic acids is 1. The second-order valence-electron chi connectivity index (χ2n) is 28.6. The summed E-state index contributed by atoms with van der Waals surface area (Å²) in [7, 11) is 0. The highest BCUT2D eigenvalue weighted by Crippen LogP contribution is 2.31. The SMILES string of the molecule is CCCCCCCCCCCCCCCCCCCCCCCCCCCCCCCCCCCCCCC(=O)NC(COC1OC(CO)C(OC2OC(CO)C(O)C(O)C2O)C(O)C1O)C(O)CCCCCCCCCCCCCCCCCCCCCCC. The number of unbranched alkanes of at least 4 members (excludes halogenated alkanes) is 55. The third-order valence-electron chi connectivity index (χ3n) is 20.1. The number of nitrogens with one attached hydrogen (secondary N) is 1. The molecule has 12 atom stereocenters. The summed E-state index contributed by atoms with van der Waals surface area (Å²) in [4.78, 5) is 13.4. The first-order valence-electron chi connectivity index (χ1n) is 39.8. The Balaban J connectivity index is 1.57. The van der Waals surface area contributed by atoms with Gasteiger partial charge in [-0.3, -0.25) is 4.79 Å². The number of aliphatic hydroxyl groups excluding tert-OH is 8. The van der Waals surface area contributed by atoms with Crippen LogP contribution in [0.4, 0.5) is 0 Å². The van der Waals surface area contributed by atoms with Crippen molar-refractivity contribution in [2.24, 2.45) is 0 Å². The Hall–Kier alpha value is -1.01. The van der Waals surface area contributed by atoms with Gasteiger partial charge in [-0.05, 0) is 12.8 Å². The molecule has 2 fully saturated rings. The van der Waals surface area contributed by atoms with Crippen molar-refractivity contribution < 1.29 is 64.6 Å². The zero-order valence-electron chi connectivity index (χ0n) is 59.4. The van der Waals surface area contributed by atoms with Crippen LogP contribution in [0.25, 0.3) is 0 Å². The zero-order chi connectivity index (χ0) is 65.9. The van der Waals surface area contributed by atoms with Crippen molar-refractivity contribution >= 4 is 5.91 Å². The van der Waals surface area contributed by atoms with Gasteiger partial charge in [0, 0.05) is 6.42 Å². The second kappa shape index (κ2) is 62.5. The maximum absolute atomic E-state index is 13.4. The fourth-order valence-corrected chi connectivity index (χ4v) is 13.8. The van der Waals surface area contributed by atoms with Crippen LogP contribution in [0.3, 0.4) is 0 Å². The molecule has 0 bridgehead atoms. The van der Waals surface area contributed by atoms with Crippen LogP contribution in [0.15, 0.2) is 0 Å². The molecule has 12 unspecified atom stereocenters. The average molecular weight is 1300 g/mol. The molecule has 2 saturated heterocycles. The topological polar surface area (TPSA) is 228 Å². The lowest BCUT2D eigenvalue weighted by atomic mass is 9.97. The van der Waals surface area contributed by atoms with Gasteiger partial charge in [-0.1, -0.05) is 373 Å². The first-order chi connectivity index (χ1) is 44.6. The van der Waals surface area contributed by atoms with Gasteiger partial charge in [0.15, 0.2) is 12.6 Å². The molecule has 0 spiro atoms. The third kappa shape index (κ3) is 46.0.